The second kappa shape index (κ2) is 32.8. The molecule has 13 rings (SSSR count). The minimum absolute atomic E-state index is 0.00700. The predicted molar refractivity (Wildman–Crippen MR) is 434 cm³/mol. The Kier molecular flexibility index (Phi) is 23.6. The van der Waals surface area contributed by atoms with Crippen LogP contribution in [0, 0.1) is 13.8 Å². The first-order valence-corrected chi connectivity index (χ1v) is 42.2. The van der Waals surface area contributed by atoms with Gasteiger partial charge in [-0.25, -0.2) is 0 Å². The lowest BCUT2D eigenvalue weighted by Gasteiger charge is -2.34. The molecule has 0 fully saturated rings. The van der Waals surface area contributed by atoms with Crippen LogP contribution in [0.25, 0.3) is 86.2 Å². The Morgan fingerprint density at radius 2 is 0.586 bits per heavy atom. The lowest BCUT2D eigenvalue weighted by Crippen LogP contribution is -2.26. The van der Waals surface area contributed by atoms with Crippen LogP contribution < -0.4 is 0 Å². The Morgan fingerprint density at radius 1 is 0.283 bits per heavy atom. The van der Waals surface area contributed by atoms with E-state index in [0.29, 0.717) is 0 Å². The minimum atomic E-state index is -0.0382. The van der Waals surface area contributed by atoms with Gasteiger partial charge in [-0.3, -0.25) is 0 Å². The molecule has 3 heterocycles. The van der Waals surface area contributed by atoms with Gasteiger partial charge in [-0.05, 0) is 178 Å². The molecule has 0 N–H and O–H groups in total. The molecule has 0 aliphatic heterocycles. The smallest absolute Gasteiger partial charge is 0.114 e. The molecule has 0 spiro atoms. The standard InChI is InChI=1S/C94H114N2S3/c1-9-14-19-23-27-32-55-93(56-33-28-24-20-15-10-2)82-60-67(7)37-43-74(82)75-44-38-68(62-83(75)93)61-69-39-45-76-77-47-41-71(65-85(77)94(84(76)63-69,57-34-29-25-21-16-11-3)58-35-30-26-22-17-12-4)87-51-53-89(98-87)79-49-48-78(90-91(79)96-99-95-90)88-52-50-86(97-88)70-40-46-73-72-42-36-66(6)59-80(72)92(8,81(73)64-70)54-31-18-13-5/h36-53,59-60,62-65H,9-35,54-58,61H2,1-8H3. The number of aromatic nitrogens is 2. The van der Waals surface area contributed by atoms with Crippen molar-refractivity contribution < 1.29 is 0 Å². The number of hydrogen-bond acceptors (Lipinski definition) is 5. The van der Waals surface area contributed by atoms with E-state index in [0.717, 1.165) is 17.5 Å². The van der Waals surface area contributed by atoms with Crippen molar-refractivity contribution in [3.8, 4) is 75.1 Å². The second-order valence-electron chi connectivity index (χ2n) is 31.0. The molecule has 518 valence electrons. The van der Waals surface area contributed by atoms with Crippen LogP contribution >= 0.6 is 34.4 Å². The van der Waals surface area contributed by atoms with E-state index >= 15 is 0 Å². The summed E-state index contributed by atoms with van der Waals surface area (Å²) < 4.78 is 10.1. The van der Waals surface area contributed by atoms with Gasteiger partial charge in [-0.15, -0.1) is 22.7 Å². The van der Waals surface area contributed by atoms with E-state index < -0.39 is 0 Å². The van der Waals surface area contributed by atoms with Gasteiger partial charge in [0, 0.05) is 46.9 Å². The number of nitrogens with zero attached hydrogens (tertiary/aromatic N) is 2. The van der Waals surface area contributed by atoms with Crippen LogP contribution in [0.5, 0.6) is 0 Å². The molecular formula is C94H114N2S3. The number of hydrogen-bond donors (Lipinski definition) is 0. The molecule has 7 aromatic carbocycles. The number of aryl methyl sites for hydroxylation is 2. The normalized spacial score (nSPS) is 15.2. The Labute approximate surface area is 609 Å². The highest BCUT2D eigenvalue weighted by Gasteiger charge is 2.45. The number of fused-ring (bicyclic) bond motifs is 10. The van der Waals surface area contributed by atoms with Crippen molar-refractivity contribution >= 4 is 45.4 Å². The van der Waals surface area contributed by atoms with Crippen molar-refractivity contribution in [3.05, 3.63) is 201 Å². The lowest BCUT2D eigenvalue weighted by molar-refractivity contribution is 0.397. The average molecular weight is 1370 g/mol. The topological polar surface area (TPSA) is 25.8 Å². The van der Waals surface area contributed by atoms with Crippen LogP contribution in [-0.4, -0.2) is 8.75 Å². The van der Waals surface area contributed by atoms with Crippen molar-refractivity contribution in [2.45, 2.75) is 284 Å². The number of unbranched alkanes of at least 4 members (excludes halogenated alkanes) is 22. The monoisotopic (exact) mass is 1370 g/mol. The second-order valence-corrected chi connectivity index (χ2v) is 33.7. The summed E-state index contributed by atoms with van der Waals surface area (Å²) in [6, 6.07) is 59.2. The van der Waals surface area contributed by atoms with E-state index in [2.05, 4.69) is 201 Å². The average Bonchev–Trinajstić information content (AvgIpc) is 1.58. The fourth-order valence-corrected chi connectivity index (χ4v) is 21.0. The largest absolute Gasteiger partial charge is 0.172 e. The summed E-state index contributed by atoms with van der Waals surface area (Å²) in [5.74, 6) is 0. The Balaban J connectivity index is 0.810. The summed E-state index contributed by atoms with van der Waals surface area (Å²) in [5.41, 5.74) is 31.0. The SMILES string of the molecule is CCCCCCCCC1(CCCCCCCC)c2cc(C)ccc2-c2ccc(Cc3ccc4c(c3)C(CCCCCCCC)(CCCCCCCC)c3cc(-c5ccc(-c6ccc(-c7ccc(-c8ccc9c(c8)C(C)(CCCCC)c8cc(C)ccc8-9)s7)c7nsnc67)s5)ccc3-4)cc21. The molecule has 5 heteroatoms. The number of benzene rings is 7. The van der Waals surface area contributed by atoms with E-state index in [9.17, 15) is 0 Å². The molecule has 3 aliphatic carbocycles. The third-order valence-electron chi connectivity index (χ3n) is 23.9. The van der Waals surface area contributed by atoms with E-state index in [4.69, 9.17) is 8.75 Å². The maximum absolute atomic E-state index is 5.08. The summed E-state index contributed by atoms with van der Waals surface area (Å²) in [4.78, 5) is 5.12. The fourth-order valence-electron chi connectivity index (χ4n) is 18.4. The Morgan fingerprint density at radius 3 is 1.02 bits per heavy atom. The van der Waals surface area contributed by atoms with Crippen LogP contribution in [0.1, 0.15) is 303 Å². The first-order chi connectivity index (χ1) is 48.5. The lowest BCUT2D eigenvalue weighted by atomic mass is 9.69. The highest BCUT2D eigenvalue weighted by atomic mass is 32.1. The molecule has 2 nitrogen and oxygen atoms in total. The molecule has 0 saturated heterocycles. The highest BCUT2D eigenvalue weighted by molar-refractivity contribution is 7.19. The van der Waals surface area contributed by atoms with Crippen molar-refractivity contribution in [1.29, 1.82) is 0 Å². The van der Waals surface area contributed by atoms with Crippen LogP contribution in [0.3, 0.4) is 0 Å². The van der Waals surface area contributed by atoms with Crippen molar-refractivity contribution in [2.24, 2.45) is 0 Å². The van der Waals surface area contributed by atoms with E-state index in [1.807, 2.05) is 22.7 Å². The van der Waals surface area contributed by atoms with Crippen LogP contribution in [-0.2, 0) is 22.7 Å². The zero-order valence-electron chi connectivity index (χ0n) is 61.8. The molecule has 99 heavy (non-hydrogen) atoms. The van der Waals surface area contributed by atoms with E-state index in [1.54, 1.807) is 22.3 Å². The summed E-state index contributed by atoms with van der Waals surface area (Å²) in [5, 5.41) is 0. The van der Waals surface area contributed by atoms with Crippen LogP contribution in [0.15, 0.2) is 146 Å². The zero-order chi connectivity index (χ0) is 68.4. The van der Waals surface area contributed by atoms with Gasteiger partial charge in [0.2, 0.25) is 0 Å². The van der Waals surface area contributed by atoms with Crippen molar-refractivity contribution in [1.82, 2.24) is 8.75 Å². The van der Waals surface area contributed by atoms with Crippen molar-refractivity contribution in [3.63, 3.8) is 0 Å². The maximum Gasteiger partial charge on any atom is 0.114 e. The third-order valence-corrected chi connectivity index (χ3v) is 26.8. The van der Waals surface area contributed by atoms with Gasteiger partial charge < -0.3 is 0 Å². The van der Waals surface area contributed by atoms with Crippen LogP contribution in [0.4, 0.5) is 0 Å². The first-order valence-electron chi connectivity index (χ1n) is 39.8. The molecular weight excluding hydrogens is 1250 g/mol. The van der Waals surface area contributed by atoms with Gasteiger partial charge in [0.05, 0.1) is 11.7 Å². The van der Waals surface area contributed by atoms with Gasteiger partial charge >= 0.3 is 0 Å². The van der Waals surface area contributed by atoms with Crippen LogP contribution in [0.2, 0.25) is 0 Å². The molecule has 1 unspecified atom stereocenters. The predicted octanol–water partition coefficient (Wildman–Crippen LogP) is 30.1. The highest BCUT2D eigenvalue weighted by Crippen LogP contribution is 2.59. The summed E-state index contributed by atoms with van der Waals surface area (Å²) in [7, 11) is 0. The summed E-state index contributed by atoms with van der Waals surface area (Å²) in [6.45, 7) is 18.8. The molecule has 10 aromatic rings. The van der Waals surface area contributed by atoms with E-state index in [1.165, 1.54) is 326 Å². The first kappa shape index (κ1) is 71.2. The van der Waals surface area contributed by atoms with Gasteiger partial charge in [-0.1, -0.05) is 335 Å². The minimum Gasteiger partial charge on any atom is -0.172 e. The van der Waals surface area contributed by atoms with Gasteiger partial charge in [0.15, 0.2) is 0 Å². The molecule has 0 saturated carbocycles. The fraction of sp³-hybridized carbons (Fsp3) is 0.468. The number of rotatable bonds is 38. The number of thiophene rings is 2. The Bertz CT molecular complexity index is 4320. The molecule has 3 aromatic heterocycles. The van der Waals surface area contributed by atoms with Gasteiger partial charge in [0.25, 0.3) is 0 Å². The quantitative estimate of drug-likeness (QED) is 0.0361. The molecule has 0 radical (unpaired) electrons. The van der Waals surface area contributed by atoms with E-state index in [-0.39, 0.29) is 16.2 Å². The molecule has 3 aliphatic rings. The van der Waals surface area contributed by atoms with Gasteiger partial charge in [0.1, 0.15) is 11.0 Å². The van der Waals surface area contributed by atoms with Crippen molar-refractivity contribution in [2.75, 3.05) is 0 Å². The summed E-state index contributed by atoms with van der Waals surface area (Å²) >= 11 is 5.16. The van der Waals surface area contributed by atoms with Gasteiger partial charge in [-0.2, -0.15) is 8.75 Å². The molecule has 0 bridgehead atoms. The molecule has 1 atom stereocenters. The zero-order valence-corrected chi connectivity index (χ0v) is 64.3. The Hall–Kier alpha value is -6.24. The maximum atomic E-state index is 5.08. The third kappa shape index (κ3) is 14.9. The molecule has 0 amide bonds. The summed E-state index contributed by atoms with van der Waals surface area (Å²) in [6.07, 6.45) is 42.7.